The molecule has 0 fully saturated rings. The number of hydrogen-bond donors (Lipinski definition) is 2. The molecule has 0 unspecified atom stereocenters. The zero-order valence-electron chi connectivity index (χ0n) is 14.0. The molecule has 0 aliphatic heterocycles. The van der Waals surface area contributed by atoms with E-state index in [0.29, 0.717) is 18.2 Å². The Hall–Kier alpha value is -2.47. The van der Waals surface area contributed by atoms with Crippen LogP contribution in [0.5, 0.6) is 11.6 Å². The Labute approximate surface area is 141 Å². The number of carbonyl (C=O) groups excluding carboxylic acids is 1. The van der Waals surface area contributed by atoms with Gasteiger partial charge in [-0.15, -0.1) is 0 Å². The summed E-state index contributed by atoms with van der Waals surface area (Å²) in [5, 5.41) is 2.79. The Morgan fingerprint density at radius 2 is 2.08 bits per heavy atom. The summed E-state index contributed by atoms with van der Waals surface area (Å²) in [5.74, 6) is 0.145. The summed E-state index contributed by atoms with van der Waals surface area (Å²) < 4.78 is 18.6. The predicted molar refractivity (Wildman–Crippen MR) is 90.0 cm³/mol. The molecular weight excluding hydrogens is 309 g/mol. The number of carbonyl (C=O) groups is 1. The molecule has 0 radical (unpaired) electrons. The molecule has 128 valence electrons. The van der Waals surface area contributed by atoms with Crippen molar-refractivity contribution in [3.8, 4) is 11.6 Å². The highest BCUT2D eigenvalue weighted by molar-refractivity contribution is 5.82. The van der Waals surface area contributed by atoms with Crippen LogP contribution < -0.4 is 15.8 Å². The van der Waals surface area contributed by atoms with Gasteiger partial charge in [0.05, 0.1) is 6.04 Å². The number of pyridine rings is 1. The topological polar surface area (TPSA) is 77.2 Å². The average Bonchev–Trinajstić information content (AvgIpc) is 2.52. The van der Waals surface area contributed by atoms with E-state index in [-0.39, 0.29) is 17.1 Å². The Bertz CT molecular complexity index is 696. The van der Waals surface area contributed by atoms with Crippen LogP contribution >= 0.6 is 0 Å². The summed E-state index contributed by atoms with van der Waals surface area (Å²) in [6.07, 6.45) is 1.59. The Morgan fingerprint density at radius 1 is 1.33 bits per heavy atom. The third-order valence-electron chi connectivity index (χ3n) is 3.50. The molecule has 0 saturated carbocycles. The Balaban J connectivity index is 1.91. The lowest BCUT2D eigenvalue weighted by atomic mass is 9.87. The quantitative estimate of drug-likeness (QED) is 0.883. The lowest BCUT2D eigenvalue weighted by molar-refractivity contribution is -0.124. The molecule has 0 spiro atoms. The fourth-order valence-electron chi connectivity index (χ4n) is 1.92. The van der Waals surface area contributed by atoms with Crippen LogP contribution in [-0.2, 0) is 11.3 Å². The monoisotopic (exact) mass is 331 g/mol. The minimum atomic E-state index is -0.582. The van der Waals surface area contributed by atoms with E-state index in [1.165, 1.54) is 12.1 Å². The van der Waals surface area contributed by atoms with Gasteiger partial charge in [-0.05, 0) is 23.1 Å². The van der Waals surface area contributed by atoms with Gasteiger partial charge in [0, 0.05) is 24.9 Å². The van der Waals surface area contributed by atoms with Crippen molar-refractivity contribution in [1.82, 2.24) is 10.3 Å². The van der Waals surface area contributed by atoms with E-state index < -0.39 is 6.04 Å². The van der Waals surface area contributed by atoms with Crippen LogP contribution in [0.2, 0.25) is 0 Å². The van der Waals surface area contributed by atoms with Crippen LogP contribution in [-0.4, -0.2) is 16.9 Å². The first-order valence-corrected chi connectivity index (χ1v) is 7.67. The van der Waals surface area contributed by atoms with E-state index in [1.807, 2.05) is 20.8 Å². The van der Waals surface area contributed by atoms with Crippen molar-refractivity contribution in [1.29, 1.82) is 0 Å². The largest absolute Gasteiger partial charge is 0.439 e. The van der Waals surface area contributed by atoms with E-state index in [1.54, 1.807) is 30.5 Å². The second kappa shape index (κ2) is 7.40. The highest BCUT2D eigenvalue weighted by Gasteiger charge is 2.27. The fraction of sp³-hybridized carbons (Fsp3) is 0.333. The molecule has 0 saturated heterocycles. The van der Waals surface area contributed by atoms with Crippen LogP contribution in [0.25, 0.3) is 0 Å². The van der Waals surface area contributed by atoms with Gasteiger partial charge in [-0.1, -0.05) is 32.9 Å². The minimum Gasteiger partial charge on any atom is -0.439 e. The van der Waals surface area contributed by atoms with E-state index in [0.717, 1.165) is 5.56 Å². The molecule has 0 aliphatic rings. The standard InChI is InChI=1S/C18H22FN3O2/c1-18(2,3)16(20)17(23)22-11-12-7-8-15(21-10-12)24-14-6-4-5-13(19)9-14/h4-10,16H,11,20H2,1-3H3,(H,22,23)/t16-/m1/s1. The second-order valence-electron chi connectivity index (χ2n) is 6.63. The molecule has 6 heteroatoms. The van der Waals surface area contributed by atoms with Crippen LogP contribution in [0.1, 0.15) is 26.3 Å². The lowest BCUT2D eigenvalue weighted by Crippen LogP contribution is -2.48. The number of rotatable bonds is 5. The number of nitrogens with zero attached hydrogens (tertiary/aromatic N) is 1. The zero-order chi connectivity index (χ0) is 17.7. The van der Waals surface area contributed by atoms with Crippen LogP contribution in [0.15, 0.2) is 42.6 Å². The highest BCUT2D eigenvalue weighted by atomic mass is 19.1. The lowest BCUT2D eigenvalue weighted by Gasteiger charge is -2.25. The first-order valence-electron chi connectivity index (χ1n) is 7.67. The van der Waals surface area contributed by atoms with Crippen LogP contribution in [0, 0.1) is 11.2 Å². The maximum Gasteiger partial charge on any atom is 0.237 e. The number of benzene rings is 1. The minimum absolute atomic E-state index is 0.206. The number of hydrogen-bond acceptors (Lipinski definition) is 4. The molecule has 24 heavy (non-hydrogen) atoms. The number of ether oxygens (including phenoxy) is 1. The molecule has 2 aromatic rings. The third kappa shape index (κ3) is 5.03. The zero-order valence-corrected chi connectivity index (χ0v) is 14.0. The Kier molecular flexibility index (Phi) is 5.51. The summed E-state index contributed by atoms with van der Waals surface area (Å²) in [6.45, 7) is 6.07. The molecule has 0 aliphatic carbocycles. The average molecular weight is 331 g/mol. The van der Waals surface area contributed by atoms with E-state index in [4.69, 9.17) is 10.5 Å². The third-order valence-corrected chi connectivity index (χ3v) is 3.50. The van der Waals surface area contributed by atoms with Gasteiger partial charge in [0.2, 0.25) is 11.8 Å². The summed E-state index contributed by atoms with van der Waals surface area (Å²) in [7, 11) is 0. The smallest absolute Gasteiger partial charge is 0.237 e. The number of amides is 1. The predicted octanol–water partition coefficient (Wildman–Crippen LogP) is 3.00. The van der Waals surface area contributed by atoms with Gasteiger partial charge >= 0.3 is 0 Å². The van der Waals surface area contributed by atoms with Gasteiger partial charge in [-0.25, -0.2) is 9.37 Å². The van der Waals surface area contributed by atoms with Gasteiger partial charge in [-0.3, -0.25) is 4.79 Å². The molecule has 1 amide bonds. The van der Waals surface area contributed by atoms with Crippen molar-refractivity contribution >= 4 is 5.91 Å². The van der Waals surface area contributed by atoms with E-state index >= 15 is 0 Å². The highest BCUT2D eigenvalue weighted by Crippen LogP contribution is 2.20. The molecule has 1 aromatic heterocycles. The number of halogens is 1. The normalized spacial score (nSPS) is 12.5. The van der Waals surface area contributed by atoms with Crippen molar-refractivity contribution in [2.45, 2.75) is 33.4 Å². The molecule has 1 aromatic carbocycles. The molecule has 5 nitrogen and oxygen atoms in total. The maximum absolute atomic E-state index is 13.1. The van der Waals surface area contributed by atoms with Gasteiger partial charge in [0.1, 0.15) is 11.6 Å². The van der Waals surface area contributed by atoms with Crippen molar-refractivity contribution in [2.75, 3.05) is 0 Å². The van der Waals surface area contributed by atoms with Crippen molar-refractivity contribution < 1.29 is 13.9 Å². The van der Waals surface area contributed by atoms with Gasteiger partial charge in [0.15, 0.2) is 0 Å². The summed E-state index contributed by atoms with van der Waals surface area (Å²) >= 11 is 0. The molecular formula is C18H22FN3O2. The van der Waals surface area contributed by atoms with Crippen LogP contribution in [0.3, 0.4) is 0 Å². The van der Waals surface area contributed by atoms with Crippen molar-refractivity contribution in [3.05, 3.63) is 54.0 Å². The van der Waals surface area contributed by atoms with Crippen molar-refractivity contribution in [3.63, 3.8) is 0 Å². The number of aromatic nitrogens is 1. The first kappa shape index (κ1) is 17.9. The molecule has 2 rings (SSSR count). The van der Waals surface area contributed by atoms with Gasteiger partial charge < -0.3 is 15.8 Å². The van der Waals surface area contributed by atoms with Gasteiger partial charge in [0.25, 0.3) is 0 Å². The molecule has 0 bridgehead atoms. The SMILES string of the molecule is CC(C)(C)[C@H](N)C(=O)NCc1ccc(Oc2cccc(F)c2)nc1. The van der Waals surface area contributed by atoms with E-state index in [9.17, 15) is 9.18 Å². The van der Waals surface area contributed by atoms with E-state index in [2.05, 4.69) is 10.3 Å². The Morgan fingerprint density at radius 3 is 2.67 bits per heavy atom. The fourth-order valence-corrected chi connectivity index (χ4v) is 1.92. The summed E-state index contributed by atoms with van der Waals surface area (Å²) in [4.78, 5) is 16.1. The van der Waals surface area contributed by atoms with Crippen molar-refractivity contribution in [2.24, 2.45) is 11.1 Å². The summed E-state index contributed by atoms with van der Waals surface area (Å²) in [5.41, 5.74) is 6.42. The molecule has 3 N–H and O–H groups in total. The summed E-state index contributed by atoms with van der Waals surface area (Å²) in [6, 6.07) is 8.69. The number of nitrogens with two attached hydrogens (primary N) is 1. The van der Waals surface area contributed by atoms with Gasteiger partial charge in [-0.2, -0.15) is 0 Å². The maximum atomic E-state index is 13.1. The molecule has 1 atom stereocenters. The number of nitrogens with one attached hydrogen (secondary N) is 1. The second-order valence-corrected chi connectivity index (χ2v) is 6.63. The molecule has 1 heterocycles. The first-order chi connectivity index (χ1) is 11.3. The van der Waals surface area contributed by atoms with Crippen LogP contribution in [0.4, 0.5) is 4.39 Å².